The van der Waals surface area contributed by atoms with Crippen LogP contribution in [0, 0.1) is 0 Å². The van der Waals surface area contributed by atoms with E-state index in [2.05, 4.69) is 10.3 Å². The monoisotopic (exact) mass is 284 g/mol. The van der Waals surface area contributed by atoms with Gasteiger partial charge in [0, 0.05) is 5.69 Å². The molecule has 0 radical (unpaired) electrons. The van der Waals surface area contributed by atoms with Crippen LogP contribution in [0.25, 0.3) is 10.2 Å². The van der Waals surface area contributed by atoms with Crippen LogP contribution in [0.4, 0.5) is 17.1 Å². The first-order valence-electron chi connectivity index (χ1n) is 5.94. The first-order chi connectivity index (χ1) is 9.65. The second-order valence-electron chi connectivity index (χ2n) is 4.29. The minimum absolute atomic E-state index is 0.370. The summed E-state index contributed by atoms with van der Waals surface area (Å²) in [5.74, 6) is -0.515. The predicted octanol–water partition coefficient (Wildman–Crippen LogP) is 2.72. The smallest absolute Gasteiger partial charge is 0.250 e. The highest BCUT2D eigenvalue weighted by atomic mass is 32.1. The molecule has 6 heteroatoms. The molecule has 5 nitrogen and oxygen atoms in total. The number of hydrogen-bond acceptors (Lipinski definition) is 5. The Labute approximate surface area is 119 Å². The minimum Gasteiger partial charge on any atom is -0.397 e. The number of hydrogen-bond donors (Lipinski definition) is 3. The summed E-state index contributed by atoms with van der Waals surface area (Å²) < 4.78 is 1.06. The molecule has 0 saturated carbocycles. The van der Waals surface area contributed by atoms with E-state index >= 15 is 0 Å². The van der Waals surface area contributed by atoms with Gasteiger partial charge in [0.15, 0.2) is 0 Å². The van der Waals surface area contributed by atoms with Gasteiger partial charge in [-0.2, -0.15) is 0 Å². The lowest BCUT2D eigenvalue weighted by molar-refractivity contribution is 0.100. The maximum atomic E-state index is 11.5. The Bertz CT molecular complexity index is 797. The number of primary amides is 1. The number of nitrogens with one attached hydrogen (secondary N) is 1. The van der Waals surface area contributed by atoms with Crippen molar-refractivity contribution in [1.82, 2.24) is 4.98 Å². The van der Waals surface area contributed by atoms with Gasteiger partial charge in [-0.25, -0.2) is 4.98 Å². The van der Waals surface area contributed by atoms with Crippen LogP contribution < -0.4 is 16.8 Å². The average Bonchev–Trinajstić information content (AvgIpc) is 2.88. The number of thiazole rings is 1. The van der Waals surface area contributed by atoms with Crippen LogP contribution in [-0.2, 0) is 0 Å². The first-order valence-corrected chi connectivity index (χ1v) is 6.81. The van der Waals surface area contributed by atoms with Crippen molar-refractivity contribution >= 4 is 44.5 Å². The molecule has 0 saturated heterocycles. The summed E-state index contributed by atoms with van der Waals surface area (Å²) in [5.41, 5.74) is 16.2. The van der Waals surface area contributed by atoms with E-state index in [0.29, 0.717) is 16.9 Å². The third kappa shape index (κ3) is 2.17. The van der Waals surface area contributed by atoms with E-state index in [1.807, 2.05) is 18.2 Å². The summed E-state index contributed by atoms with van der Waals surface area (Å²) in [6.07, 6.45) is 0. The summed E-state index contributed by atoms with van der Waals surface area (Å²) in [7, 11) is 0. The molecule has 2 aromatic carbocycles. The molecule has 5 N–H and O–H groups in total. The highest BCUT2D eigenvalue weighted by molar-refractivity contribution is 7.16. The average molecular weight is 284 g/mol. The van der Waals surface area contributed by atoms with E-state index in [0.717, 1.165) is 15.9 Å². The van der Waals surface area contributed by atoms with Crippen LogP contribution in [0.3, 0.4) is 0 Å². The summed E-state index contributed by atoms with van der Waals surface area (Å²) in [4.78, 5) is 15.7. The fourth-order valence-corrected chi connectivity index (χ4v) is 2.71. The van der Waals surface area contributed by atoms with E-state index in [1.54, 1.807) is 35.0 Å². The molecule has 0 aliphatic rings. The van der Waals surface area contributed by atoms with Gasteiger partial charge >= 0.3 is 0 Å². The standard InChI is InChI=1S/C14H12N4OS/c15-10-3-1-2-9(14(16)19)13(10)18-8-4-5-11-12(6-8)20-7-17-11/h1-7,18H,15H2,(H2,16,19). The predicted molar refractivity (Wildman–Crippen MR) is 82.3 cm³/mol. The van der Waals surface area contributed by atoms with Crippen molar-refractivity contribution in [3.8, 4) is 0 Å². The first kappa shape index (κ1) is 12.4. The zero-order chi connectivity index (χ0) is 14.1. The van der Waals surface area contributed by atoms with Gasteiger partial charge in [-0.1, -0.05) is 6.07 Å². The number of benzene rings is 2. The van der Waals surface area contributed by atoms with E-state index in [4.69, 9.17) is 11.5 Å². The molecule has 3 rings (SSSR count). The maximum absolute atomic E-state index is 11.5. The zero-order valence-electron chi connectivity index (χ0n) is 10.5. The van der Waals surface area contributed by atoms with E-state index in [-0.39, 0.29) is 0 Å². The summed E-state index contributed by atoms with van der Waals surface area (Å²) >= 11 is 1.55. The second-order valence-corrected chi connectivity index (χ2v) is 5.18. The Morgan fingerprint density at radius 2 is 2.10 bits per heavy atom. The molecular weight excluding hydrogens is 272 g/mol. The topological polar surface area (TPSA) is 94.0 Å². The van der Waals surface area contributed by atoms with Gasteiger partial charge in [0.2, 0.25) is 0 Å². The van der Waals surface area contributed by atoms with E-state index in [9.17, 15) is 4.79 Å². The van der Waals surface area contributed by atoms with Gasteiger partial charge in [0.05, 0.1) is 32.7 Å². The van der Waals surface area contributed by atoms with Gasteiger partial charge in [-0.3, -0.25) is 4.79 Å². The van der Waals surface area contributed by atoms with E-state index < -0.39 is 5.91 Å². The third-order valence-electron chi connectivity index (χ3n) is 2.96. The number of anilines is 3. The Balaban J connectivity index is 2.04. The van der Waals surface area contributed by atoms with Gasteiger partial charge in [0.1, 0.15) is 0 Å². The van der Waals surface area contributed by atoms with Gasteiger partial charge in [-0.15, -0.1) is 11.3 Å². The lowest BCUT2D eigenvalue weighted by Crippen LogP contribution is -2.14. The molecule has 0 fully saturated rings. The van der Waals surface area contributed by atoms with Gasteiger partial charge in [0.25, 0.3) is 5.91 Å². The molecule has 3 aromatic rings. The van der Waals surface area contributed by atoms with Crippen LogP contribution in [0.2, 0.25) is 0 Å². The van der Waals surface area contributed by atoms with Crippen molar-refractivity contribution in [2.75, 3.05) is 11.1 Å². The lowest BCUT2D eigenvalue weighted by atomic mass is 10.1. The highest BCUT2D eigenvalue weighted by Gasteiger charge is 2.11. The van der Waals surface area contributed by atoms with Gasteiger partial charge in [-0.05, 0) is 30.3 Å². The van der Waals surface area contributed by atoms with Crippen LogP contribution in [0.1, 0.15) is 10.4 Å². The molecule has 0 aliphatic heterocycles. The summed E-state index contributed by atoms with van der Waals surface area (Å²) in [6.45, 7) is 0. The molecule has 20 heavy (non-hydrogen) atoms. The summed E-state index contributed by atoms with van der Waals surface area (Å²) in [6, 6.07) is 10.8. The number of nitrogen functional groups attached to an aromatic ring is 1. The molecule has 0 bridgehead atoms. The van der Waals surface area contributed by atoms with Crippen LogP contribution in [0.5, 0.6) is 0 Å². The number of carbonyl (C=O) groups excluding carboxylic acids is 1. The maximum Gasteiger partial charge on any atom is 0.250 e. The number of nitrogens with two attached hydrogens (primary N) is 2. The Hall–Kier alpha value is -2.60. The van der Waals surface area contributed by atoms with Crippen molar-refractivity contribution in [2.24, 2.45) is 5.73 Å². The number of fused-ring (bicyclic) bond motifs is 1. The number of aromatic nitrogens is 1. The molecule has 1 amide bonds. The quantitative estimate of drug-likeness (QED) is 0.644. The number of amides is 1. The summed E-state index contributed by atoms with van der Waals surface area (Å²) in [5, 5.41) is 3.16. The molecule has 0 atom stereocenters. The van der Waals surface area contributed by atoms with Crippen LogP contribution >= 0.6 is 11.3 Å². The second kappa shape index (κ2) is 4.82. The number of para-hydroxylation sites is 1. The Morgan fingerprint density at radius 3 is 2.90 bits per heavy atom. The van der Waals surface area contributed by atoms with Crippen molar-refractivity contribution in [1.29, 1.82) is 0 Å². The van der Waals surface area contributed by atoms with Crippen molar-refractivity contribution in [2.45, 2.75) is 0 Å². The zero-order valence-corrected chi connectivity index (χ0v) is 11.3. The SMILES string of the molecule is NC(=O)c1cccc(N)c1Nc1ccc2ncsc2c1. The van der Waals surface area contributed by atoms with E-state index in [1.165, 1.54) is 0 Å². The molecule has 0 spiro atoms. The van der Waals surface area contributed by atoms with Crippen LogP contribution in [0.15, 0.2) is 41.9 Å². The minimum atomic E-state index is -0.515. The molecule has 0 unspecified atom stereocenters. The van der Waals surface area contributed by atoms with Crippen molar-refractivity contribution < 1.29 is 4.79 Å². The number of nitrogens with zero attached hydrogens (tertiary/aromatic N) is 1. The van der Waals surface area contributed by atoms with Crippen molar-refractivity contribution in [3.63, 3.8) is 0 Å². The van der Waals surface area contributed by atoms with Crippen molar-refractivity contribution in [3.05, 3.63) is 47.5 Å². The van der Waals surface area contributed by atoms with Gasteiger partial charge < -0.3 is 16.8 Å². The molecular formula is C14H12N4OS. The Morgan fingerprint density at radius 1 is 1.25 bits per heavy atom. The Kier molecular flexibility index (Phi) is 3.00. The lowest BCUT2D eigenvalue weighted by Gasteiger charge is -2.12. The highest BCUT2D eigenvalue weighted by Crippen LogP contribution is 2.29. The largest absolute Gasteiger partial charge is 0.397 e. The molecule has 0 aliphatic carbocycles. The number of rotatable bonds is 3. The molecule has 1 aromatic heterocycles. The number of carbonyl (C=O) groups is 1. The van der Waals surface area contributed by atoms with Crippen LogP contribution in [-0.4, -0.2) is 10.9 Å². The fourth-order valence-electron chi connectivity index (χ4n) is 1.99. The third-order valence-corrected chi connectivity index (χ3v) is 3.75. The molecule has 100 valence electrons. The normalized spacial score (nSPS) is 10.6. The molecule has 1 heterocycles. The fraction of sp³-hybridized carbons (Fsp3) is 0.